The highest BCUT2D eigenvalue weighted by atomic mass is 35.5. The maximum absolute atomic E-state index is 8.55. The van der Waals surface area contributed by atoms with Crippen molar-refractivity contribution in [3.63, 3.8) is 0 Å². The number of halogens is 1. The topological polar surface area (TPSA) is 60.5 Å². The zero-order valence-corrected chi connectivity index (χ0v) is 6.78. The van der Waals surface area contributed by atoms with E-state index in [1.54, 1.807) is 6.07 Å². The summed E-state index contributed by atoms with van der Waals surface area (Å²) in [5, 5.41) is 17.5. The van der Waals surface area contributed by atoms with E-state index in [1.165, 1.54) is 12.4 Å². The number of rotatable bonds is 1. The average molecular weight is 178 g/mol. The van der Waals surface area contributed by atoms with Gasteiger partial charge >= 0.3 is 0 Å². The third-order valence-electron chi connectivity index (χ3n) is 1.37. The van der Waals surface area contributed by atoms with Gasteiger partial charge in [-0.05, 0) is 6.07 Å². The Morgan fingerprint density at radius 1 is 1.42 bits per heavy atom. The molecule has 0 aliphatic carbocycles. The fraction of sp³-hybridized carbons (Fsp3) is 0.125. The van der Waals surface area contributed by atoms with Gasteiger partial charge in [-0.1, -0.05) is 11.6 Å². The van der Waals surface area contributed by atoms with Crippen LogP contribution < -0.4 is 0 Å². The number of nitriles is 2. The molecule has 0 N–H and O–H groups in total. The van der Waals surface area contributed by atoms with Gasteiger partial charge in [-0.25, -0.2) is 0 Å². The molecule has 1 aromatic rings. The van der Waals surface area contributed by atoms with E-state index in [1.807, 2.05) is 12.1 Å². The van der Waals surface area contributed by atoms with Crippen LogP contribution in [0.25, 0.3) is 0 Å². The summed E-state index contributed by atoms with van der Waals surface area (Å²) in [4.78, 5) is 3.75. The summed E-state index contributed by atoms with van der Waals surface area (Å²) >= 11 is 5.71. The molecule has 0 unspecified atom stereocenters. The normalized spacial score (nSPS) is 9.00. The molecule has 4 heteroatoms. The monoisotopic (exact) mass is 177 g/mol. The van der Waals surface area contributed by atoms with Crippen LogP contribution in [0.1, 0.15) is 11.5 Å². The minimum Gasteiger partial charge on any atom is -0.263 e. The standard InChI is InChI=1S/C8H4ClN3/c9-8-5-12-2-1-7(8)6(3-10)4-11/h1-2,5-6H. The third-order valence-corrected chi connectivity index (χ3v) is 1.69. The van der Waals surface area contributed by atoms with E-state index in [0.717, 1.165) is 0 Å². The predicted molar refractivity (Wildman–Crippen MR) is 43.2 cm³/mol. The van der Waals surface area contributed by atoms with E-state index in [2.05, 4.69) is 4.98 Å². The Morgan fingerprint density at radius 2 is 2.08 bits per heavy atom. The molecule has 12 heavy (non-hydrogen) atoms. The summed E-state index contributed by atoms with van der Waals surface area (Å²) in [7, 11) is 0. The van der Waals surface area contributed by atoms with Crippen LogP contribution in [0, 0.1) is 22.7 Å². The second-order valence-electron chi connectivity index (χ2n) is 2.09. The number of aromatic nitrogens is 1. The number of hydrogen-bond acceptors (Lipinski definition) is 3. The van der Waals surface area contributed by atoms with Crippen LogP contribution in [0.4, 0.5) is 0 Å². The molecule has 58 valence electrons. The SMILES string of the molecule is N#CC(C#N)c1ccncc1Cl. The van der Waals surface area contributed by atoms with Crippen molar-refractivity contribution in [1.82, 2.24) is 4.98 Å². The smallest absolute Gasteiger partial charge is 0.159 e. The van der Waals surface area contributed by atoms with Crippen LogP contribution in [-0.2, 0) is 0 Å². The van der Waals surface area contributed by atoms with E-state index >= 15 is 0 Å². The highest BCUT2D eigenvalue weighted by Crippen LogP contribution is 2.21. The maximum Gasteiger partial charge on any atom is 0.159 e. The molecule has 1 rings (SSSR count). The molecule has 0 saturated heterocycles. The first kappa shape index (κ1) is 8.52. The maximum atomic E-state index is 8.55. The van der Waals surface area contributed by atoms with Gasteiger partial charge in [-0.3, -0.25) is 4.98 Å². The zero-order chi connectivity index (χ0) is 8.97. The van der Waals surface area contributed by atoms with Gasteiger partial charge in [-0.15, -0.1) is 0 Å². The fourth-order valence-corrected chi connectivity index (χ4v) is 1.02. The molecular formula is C8H4ClN3. The average Bonchev–Trinajstić information content (AvgIpc) is 2.10. The van der Waals surface area contributed by atoms with Crippen molar-refractivity contribution in [3.05, 3.63) is 29.0 Å². The van der Waals surface area contributed by atoms with Crippen molar-refractivity contribution in [2.75, 3.05) is 0 Å². The Hall–Kier alpha value is -1.58. The summed E-state index contributed by atoms with van der Waals surface area (Å²) in [5.74, 6) is -0.805. The van der Waals surface area contributed by atoms with Crippen LogP contribution in [0.15, 0.2) is 18.5 Å². The fourth-order valence-electron chi connectivity index (χ4n) is 0.788. The number of pyridine rings is 1. The molecule has 0 fully saturated rings. The van der Waals surface area contributed by atoms with Gasteiger partial charge in [0.15, 0.2) is 5.92 Å². The van der Waals surface area contributed by atoms with Gasteiger partial charge in [0.2, 0.25) is 0 Å². The quantitative estimate of drug-likeness (QED) is 0.658. The first-order chi connectivity index (χ1) is 5.79. The molecule has 0 bridgehead atoms. The minimum absolute atomic E-state index is 0.352. The van der Waals surface area contributed by atoms with Crippen LogP contribution in [-0.4, -0.2) is 4.98 Å². The molecule has 0 aliphatic heterocycles. The van der Waals surface area contributed by atoms with Gasteiger partial charge in [-0.2, -0.15) is 10.5 Å². The van der Waals surface area contributed by atoms with Crippen LogP contribution in [0.5, 0.6) is 0 Å². The summed E-state index contributed by atoms with van der Waals surface area (Å²) < 4.78 is 0. The molecule has 1 aromatic heterocycles. The van der Waals surface area contributed by atoms with Gasteiger partial charge in [0.1, 0.15) is 0 Å². The van der Waals surface area contributed by atoms with Crippen molar-refractivity contribution in [2.24, 2.45) is 0 Å². The second-order valence-corrected chi connectivity index (χ2v) is 2.50. The van der Waals surface area contributed by atoms with Gasteiger partial charge in [0.25, 0.3) is 0 Å². The zero-order valence-electron chi connectivity index (χ0n) is 6.03. The summed E-state index contributed by atoms with van der Waals surface area (Å²) in [6, 6.07) is 5.24. The van der Waals surface area contributed by atoms with E-state index in [-0.39, 0.29) is 0 Å². The van der Waals surface area contributed by atoms with Crippen LogP contribution in [0.3, 0.4) is 0 Å². The largest absolute Gasteiger partial charge is 0.263 e. The lowest BCUT2D eigenvalue weighted by Gasteiger charge is -2.00. The Labute approximate surface area is 74.8 Å². The molecule has 0 radical (unpaired) electrons. The molecular weight excluding hydrogens is 174 g/mol. The van der Waals surface area contributed by atoms with E-state index in [0.29, 0.717) is 10.6 Å². The molecule has 0 spiro atoms. The van der Waals surface area contributed by atoms with E-state index in [9.17, 15) is 0 Å². The Kier molecular flexibility index (Phi) is 2.63. The highest BCUT2D eigenvalue weighted by molar-refractivity contribution is 6.31. The molecule has 0 amide bonds. The lowest BCUT2D eigenvalue weighted by atomic mass is 10.0. The van der Waals surface area contributed by atoms with Crippen molar-refractivity contribution < 1.29 is 0 Å². The highest BCUT2D eigenvalue weighted by Gasteiger charge is 2.11. The predicted octanol–water partition coefficient (Wildman–Crippen LogP) is 1.87. The molecule has 1 heterocycles. The third kappa shape index (κ3) is 1.53. The Balaban J connectivity index is 3.13. The molecule has 0 aliphatic rings. The first-order valence-electron chi connectivity index (χ1n) is 3.18. The second kappa shape index (κ2) is 3.71. The first-order valence-corrected chi connectivity index (χ1v) is 3.56. The number of nitrogens with zero attached hydrogens (tertiary/aromatic N) is 3. The number of hydrogen-bond donors (Lipinski definition) is 0. The lowest BCUT2D eigenvalue weighted by Crippen LogP contribution is -1.92. The van der Waals surface area contributed by atoms with E-state index < -0.39 is 5.92 Å². The van der Waals surface area contributed by atoms with E-state index in [4.69, 9.17) is 22.1 Å². The van der Waals surface area contributed by atoms with Gasteiger partial charge in [0, 0.05) is 18.0 Å². The van der Waals surface area contributed by atoms with Crippen LogP contribution >= 0.6 is 11.6 Å². The Bertz CT molecular complexity index is 347. The Morgan fingerprint density at radius 3 is 2.58 bits per heavy atom. The van der Waals surface area contributed by atoms with Crippen molar-refractivity contribution >= 4 is 11.6 Å². The van der Waals surface area contributed by atoms with Gasteiger partial charge in [0.05, 0.1) is 17.2 Å². The van der Waals surface area contributed by atoms with Gasteiger partial charge < -0.3 is 0 Å². The molecule has 0 aromatic carbocycles. The summed E-state index contributed by atoms with van der Waals surface area (Å²) in [6.07, 6.45) is 2.92. The molecule has 3 nitrogen and oxygen atoms in total. The minimum atomic E-state index is -0.805. The molecule has 0 saturated carbocycles. The summed E-state index contributed by atoms with van der Waals surface area (Å²) in [6.45, 7) is 0. The van der Waals surface area contributed by atoms with Crippen molar-refractivity contribution in [1.29, 1.82) is 10.5 Å². The lowest BCUT2D eigenvalue weighted by molar-refractivity contribution is 1.09. The summed E-state index contributed by atoms with van der Waals surface area (Å²) in [5.41, 5.74) is 0.511. The molecule has 0 atom stereocenters. The van der Waals surface area contributed by atoms with Crippen LogP contribution in [0.2, 0.25) is 5.02 Å². The van der Waals surface area contributed by atoms with Crippen molar-refractivity contribution in [3.8, 4) is 12.1 Å². The van der Waals surface area contributed by atoms with Crippen molar-refractivity contribution in [2.45, 2.75) is 5.92 Å².